The third-order valence-corrected chi connectivity index (χ3v) is 2.27. The Kier molecular flexibility index (Phi) is 3.47. The largest absolute Gasteiger partial charge is 0.381 e. The minimum Gasteiger partial charge on any atom is -0.381 e. The van der Waals surface area contributed by atoms with Crippen LogP contribution >= 0.6 is 0 Å². The summed E-state index contributed by atoms with van der Waals surface area (Å²) >= 11 is 0. The molecule has 0 heterocycles. The fourth-order valence-corrected chi connectivity index (χ4v) is 1.01. The summed E-state index contributed by atoms with van der Waals surface area (Å²) in [6.07, 6.45) is 0. The molecule has 1 aromatic rings. The summed E-state index contributed by atoms with van der Waals surface area (Å²) in [6, 6.07) is 6.69. The number of benzene rings is 1. The molecule has 0 aliphatic rings. The van der Waals surface area contributed by atoms with Crippen LogP contribution in [-0.2, 0) is 0 Å². The maximum Gasteiger partial charge on any atom is 0.146 e. The van der Waals surface area contributed by atoms with Crippen LogP contribution < -0.4 is 10.6 Å². The van der Waals surface area contributed by atoms with E-state index in [2.05, 4.69) is 24.5 Å². The van der Waals surface area contributed by atoms with Crippen molar-refractivity contribution in [1.29, 1.82) is 0 Å². The van der Waals surface area contributed by atoms with Crippen LogP contribution in [0.4, 0.5) is 10.1 Å². The molecule has 2 nitrogen and oxygen atoms in total. The Hall–Kier alpha value is -1.09. The second kappa shape index (κ2) is 4.42. The van der Waals surface area contributed by atoms with Crippen molar-refractivity contribution < 1.29 is 4.39 Å². The SMILES string of the molecule is CNC(C)(C)CNc1ccccc1F. The molecule has 14 heavy (non-hydrogen) atoms. The minimum absolute atomic E-state index is 0.0394. The normalized spacial score (nSPS) is 11.4. The van der Waals surface area contributed by atoms with Crippen molar-refractivity contribution in [3.63, 3.8) is 0 Å². The highest BCUT2D eigenvalue weighted by Crippen LogP contribution is 2.13. The van der Waals surface area contributed by atoms with E-state index in [0.29, 0.717) is 12.2 Å². The van der Waals surface area contributed by atoms with Gasteiger partial charge < -0.3 is 10.6 Å². The number of halogens is 1. The summed E-state index contributed by atoms with van der Waals surface area (Å²) in [5, 5.41) is 6.21. The van der Waals surface area contributed by atoms with E-state index in [4.69, 9.17) is 0 Å². The van der Waals surface area contributed by atoms with E-state index in [0.717, 1.165) is 0 Å². The summed E-state index contributed by atoms with van der Waals surface area (Å²) in [5.74, 6) is -0.209. The number of anilines is 1. The van der Waals surface area contributed by atoms with Gasteiger partial charge in [-0.25, -0.2) is 4.39 Å². The smallest absolute Gasteiger partial charge is 0.146 e. The first-order valence-electron chi connectivity index (χ1n) is 4.72. The van der Waals surface area contributed by atoms with Crippen LogP contribution in [0.2, 0.25) is 0 Å². The standard InChI is InChI=1S/C11H17FN2/c1-11(2,13-3)8-14-10-7-5-4-6-9(10)12/h4-7,13-14H,8H2,1-3H3. The lowest BCUT2D eigenvalue weighted by Crippen LogP contribution is -2.42. The molecule has 0 unspecified atom stereocenters. The van der Waals surface area contributed by atoms with Gasteiger partial charge in [0.2, 0.25) is 0 Å². The number of likely N-dealkylation sites (N-methyl/N-ethyl adjacent to an activating group) is 1. The van der Waals surface area contributed by atoms with Crippen molar-refractivity contribution in [2.75, 3.05) is 18.9 Å². The molecule has 0 saturated carbocycles. The summed E-state index contributed by atoms with van der Waals surface area (Å²) in [4.78, 5) is 0. The van der Waals surface area contributed by atoms with Gasteiger partial charge in [-0.3, -0.25) is 0 Å². The Bertz CT molecular complexity index is 297. The van der Waals surface area contributed by atoms with E-state index in [1.54, 1.807) is 12.1 Å². The monoisotopic (exact) mass is 196 g/mol. The molecule has 0 aliphatic heterocycles. The topological polar surface area (TPSA) is 24.1 Å². The van der Waals surface area contributed by atoms with Gasteiger partial charge in [-0.05, 0) is 33.0 Å². The van der Waals surface area contributed by atoms with Crippen molar-refractivity contribution in [3.05, 3.63) is 30.1 Å². The van der Waals surface area contributed by atoms with Crippen LogP contribution in [0.1, 0.15) is 13.8 Å². The first kappa shape index (κ1) is 11.0. The molecule has 1 aromatic carbocycles. The lowest BCUT2D eigenvalue weighted by Gasteiger charge is -2.24. The molecule has 0 bridgehead atoms. The van der Waals surface area contributed by atoms with Gasteiger partial charge in [0.15, 0.2) is 0 Å². The van der Waals surface area contributed by atoms with Gasteiger partial charge in [-0.2, -0.15) is 0 Å². The summed E-state index contributed by atoms with van der Waals surface area (Å²) in [6.45, 7) is 4.80. The molecule has 2 N–H and O–H groups in total. The lowest BCUT2D eigenvalue weighted by molar-refractivity contribution is 0.447. The second-order valence-electron chi connectivity index (χ2n) is 3.97. The molecule has 0 aliphatic carbocycles. The van der Waals surface area contributed by atoms with Crippen LogP contribution in [0.3, 0.4) is 0 Å². The maximum atomic E-state index is 13.2. The molecule has 0 amide bonds. The van der Waals surface area contributed by atoms with E-state index < -0.39 is 0 Å². The highest BCUT2D eigenvalue weighted by atomic mass is 19.1. The van der Waals surface area contributed by atoms with Gasteiger partial charge in [0, 0.05) is 12.1 Å². The molecule has 0 saturated heterocycles. The van der Waals surface area contributed by atoms with Crippen LogP contribution in [0.25, 0.3) is 0 Å². The van der Waals surface area contributed by atoms with Crippen molar-refractivity contribution >= 4 is 5.69 Å². The quantitative estimate of drug-likeness (QED) is 0.771. The van der Waals surface area contributed by atoms with Crippen molar-refractivity contribution in [1.82, 2.24) is 5.32 Å². The molecule has 0 spiro atoms. The zero-order chi connectivity index (χ0) is 10.6. The first-order valence-corrected chi connectivity index (χ1v) is 4.72. The number of rotatable bonds is 4. The second-order valence-corrected chi connectivity index (χ2v) is 3.97. The van der Waals surface area contributed by atoms with Crippen LogP contribution in [0, 0.1) is 5.82 Å². The molecule has 0 fully saturated rings. The van der Waals surface area contributed by atoms with E-state index in [9.17, 15) is 4.39 Å². The predicted octanol–water partition coefficient (Wildman–Crippen LogP) is 2.24. The maximum absolute atomic E-state index is 13.2. The van der Waals surface area contributed by atoms with Gasteiger partial charge in [0.25, 0.3) is 0 Å². The van der Waals surface area contributed by atoms with Gasteiger partial charge in [0.05, 0.1) is 5.69 Å². The first-order chi connectivity index (χ1) is 6.55. The molecule has 0 atom stereocenters. The summed E-state index contributed by atoms with van der Waals surface area (Å²) in [5.41, 5.74) is 0.512. The van der Waals surface area contributed by atoms with Gasteiger partial charge in [0.1, 0.15) is 5.82 Å². The Labute approximate surface area is 84.5 Å². The number of para-hydroxylation sites is 1. The summed E-state index contributed by atoms with van der Waals surface area (Å²) < 4.78 is 13.2. The fourth-order valence-electron chi connectivity index (χ4n) is 1.01. The third kappa shape index (κ3) is 3.00. The average molecular weight is 196 g/mol. The highest BCUT2D eigenvalue weighted by molar-refractivity contribution is 5.44. The number of hydrogen-bond acceptors (Lipinski definition) is 2. The third-order valence-electron chi connectivity index (χ3n) is 2.27. The Balaban J connectivity index is 2.58. The Morgan fingerprint density at radius 3 is 2.50 bits per heavy atom. The van der Waals surface area contributed by atoms with Gasteiger partial charge in [-0.1, -0.05) is 12.1 Å². The van der Waals surface area contributed by atoms with E-state index in [1.165, 1.54) is 6.07 Å². The van der Waals surface area contributed by atoms with Gasteiger partial charge in [-0.15, -0.1) is 0 Å². The van der Waals surface area contributed by atoms with Crippen molar-refractivity contribution in [3.8, 4) is 0 Å². The van der Waals surface area contributed by atoms with E-state index in [-0.39, 0.29) is 11.4 Å². The zero-order valence-electron chi connectivity index (χ0n) is 8.89. The van der Waals surface area contributed by atoms with E-state index in [1.807, 2.05) is 13.1 Å². The Morgan fingerprint density at radius 1 is 1.29 bits per heavy atom. The highest BCUT2D eigenvalue weighted by Gasteiger charge is 2.14. The van der Waals surface area contributed by atoms with Crippen molar-refractivity contribution in [2.24, 2.45) is 0 Å². The van der Waals surface area contributed by atoms with Gasteiger partial charge >= 0.3 is 0 Å². The molecular formula is C11H17FN2. The molecule has 3 heteroatoms. The fraction of sp³-hybridized carbons (Fsp3) is 0.455. The van der Waals surface area contributed by atoms with E-state index >= 15 is 0 Å². The number of hydrogen-bond donors (Lipinski definition) is 2. The number of nitrogens with one attached hydrogen (secondary N) is 2. The summed E-state index contributed by atoms with van der Waals surface area (Å²) in [7, 11) is 1.89. The molecule has 1 rings (SSSR count). The van der Waals surface area contributed by atoms with Crippen LogP contribution in [0.5, 0.6) is 0 Å². The molecule has 78 valence electrons. The average Bonchev–Trinajstić information content (AvgIpc) is 2.17. The Morgan fingerprint density at radius 2 is 1.93 bits per heavy atom. The predicted molar refractivity (Wildman–Crippen MR) is 58.0 cm³/mol. The minimum atomic E-state index is -0.209. The van der Waals surface area contributed by atoms with Crippen LogP contribution in [0.15, 0.2) is 24.3 Å². The molecule has 0 aromatic heterocycles. The molecule has 0 radical (unpaired) electrons. The zero-order valence-corrected chi connectivity index (χ0v) is 8.89. The van der Waals surface area contributed by atoms with Crippen molar-refractivity contribution in [2.45, 2.75) is 19.4 Å². The lowest BCUT2D eigenvalue weighted by atomic mass is 10.1. The molecular weight excluding hydrogens is 179 g/mol. The van der Waals surface area contributed by atoms with Crippen LogP contribution in [-0.4, -0.2) is 19.1 Å².